The van der Waals surface area contributed by atoms with Crippen LogP contribution in [0.3, 0.4) is 0 Å². The van der Waals surface area contributed by atoms with Gasteiger partial charge in [0, 0.05) is 12.8 Å². The van der Waals surface area contributed by atoms with Gasteiger partial charge < -0.3 is 14.7 Å². The summed E-state index contributed by atoms with van der Waals surface area (Å²) in [5, 5.41) is 10.3. The molecule has 1 saturated heterocycles. The fourth-order valence-electron chi connectivity index (χ4n) is 2.43. The van der Waals surface area contributed by atoms with Crippen LogP contribution in [0.2, 0.25) is 0 Å². The van der Waals surface area contributed by atoms with E-state index in [0.29, 0.717) is 5.06 Å². The highest BCUT2D eigenvalue weighted by molar-refractivity contribution is 6.01. The number of imide groups is 1. The molecule has 0 aliphatic carbocycles. The van der Waals surface area contributed by atoms with E-state index < -0.39 is 24.4 Å². The van der Waals surface area contributed by atoms with Gasteiger partial charge in [-0.25, -0.2) is 4.79 Å². The maximum absolute atomic E-state index is 11.8. The number of aromatic hydroxyl groups is 1. The first-order valence-electron chi connectivity index (χ1n) is 8.28. The van der Waals surface area contributed by atoms with Crippen LogP contribution in [0.25, 0.3) is 12.2 Å². The Balaban J connectivity index is 1.61. The molecular formula is C20H17NO6. The van der Waals surface area contributed by atoms with E-state index in [2.05, 4.69) is 0 Å². The molecule has 1 aliphatic rings. The predicted molar refractivity (Wildman–Crippen MR) is 96.2 cm³/mol. The van der Waals surface area contributed by atoms with Crippen LogP contribution in [-0.4, -0.2) is 34.6 Å². The molecule has 0 bridgehead atoms. The van der Waals surface area contributed by atoms with Crippen LogP contribution < -0.4 is 4.74 Å². The predicted octanol–water partition coefficient (Wildman–Crippen LogP) is 2.55. The van der Waals surface area contributed by atoms with Crippen molar-refractivity contribution < 1.29 is 29.1 Å². The lowest BCUT2D eigenvalue weighted by Gasteiger charge is -2.13. The minimum Gasteiger partial charge on any atom is -0.504 e. The monoisotopic (exact) mass is 367 g/mol. The van der Waals surface area contributed by atoms with Crippen molar-refractivity contribution in [2.75, 3.05) is 6.61 Å². The summed E-state index contributed by atoms with van der Waals surface area (Å²) in [6.07, 6.45) is 3.77. The Kier molecular flexibility index (Phi) is 5.51. The lowest BCUT2D eigenvalue weighted by Crippen LogP contribution is -2.33. The molecule has 3 rings (SSSR count). The molecule has 0 atom stereocenters. The van der Waals surface area contributed by atoms with Crippen LogP contribution in [0, 0.1) is 0 Å². The molecule has 138 valence electrons. The van der Waals surface area contributed by atoms with E-state index in [1.165, 1.54) is 6.07 Å². The number of phenolic OH excluding ortho intramolecular Hbond substituents is 1. The molecule has 0 aromatic heterocycles. The normalized spacial score (nSPS) is 14.0. The zero-order valence-electron chi connectivity index (χ0n) is 14.3. The quantitative estimate of drug-likeness (QED) is 0.623. The lowest BCUT2D eigenvalue weighted by atomic mass is 10.1. The van der Waals surface area contributed by atoms with E-state index >= 15 is 0 Å². The Morgan fingerprint density at radius 2 is 1.67 bits per heavy atom. The topological polar surface area (TPSA) is 93.1 Å². The van der Waals surface area contributed by atoms with Gasteiger partial charge >= 0.3 is 5.97 Å². The molecule has 0 unspecified atom stereocenters. The number of ether oxygens (including phenoxy) is 1. The van der Waals surface area contributed by atoms with Gasteiger partial charge in [0.05, 0.1) is 0 Å². The molecule has 1 fully saturated rings. The summed E-state index contributed by atoms with van der Waals surface area (Å²) >= 11 is 0. The van der Waals surface area contributed by atoms with E-state index in [1.54, 1.807) is 12.1 Å². The summed E-state index contributed by atoms with van der Waals surface area (Å²) < 4.78 is 5.26. The number of hydrogen-bond donors (Lipinski definition) is 1. The number of rotatable bonds is 6. The molecule has 27 heavy (non-hydrogen) atoms. The van der Waals surface area contributed by atoms with Crippen LogP contribution in [0.5, 0.6) is 11.5 Å². The largest absolute Gasteiger partial charge is 0.504 e. The van der Waals surface area contributed by atoms with E-state index in [1.807, 2.05) is 42.5 Å². The number of hydroxylamine groups is 2. The number of carbonyl (C=O) groups excluding carboxylic acids is 3. The van der Waals surface area contributed by atoms with Gasteiger partial charge in [0.2, 0.25) is 0 Å². The molecule has 2 amide bonds. The van der Waals surface area contributed by atoms with E-state index in [-0.39, 0.29) is 24.3 Å². The molecule has 0 saturated carbocycles. The summed E-state index contributed by atoms with van der Waals surface area (Å²) in [6, 6.07) is 14.4. The van der Waals surface area contributed by atoms with Crippen molar-refractivity contribution in [3.8, 4) is 11.5 Å². The Morgan fingerprint density at radius 1 is 1.00 bits per heavy atom. The highest BCUT2D eigenvalue weighted by atomic mass is 16.7. The first-order valence-corrected chi connectivity index (χ1v) is 8.28. The van der Waals surface area contributed by atoms with Gasteiger partial charge in [-0.1, -0.05) is 48.6 Å². The molecule has 7 nitrogen and oxygen atoms in total. The molecule has 2 aromatic carbocycles. The van der Waals surface area contributed by atoms with Crippen molar-refractivity contribution in [1.29, 1.82) is 0 Å². The Morgan fingerprint density at radius 3 is 2.37 bits per heavy atom. The summed E-state index contributed by atoms with van der Waals surface area (Å²) in [6.45, 7) is -0.559. The fourth-order valence-corrected chi connectivity index (χ4v) is 2.43. The maximum atomic E-state index is 11.8. The SMILES string of the molecule is O=C(COc1cc(/C=C/c2ccccc2)ccc1O)ON1C(=O)CCC1=O. The van der Waals surface area contributed by atoms with Gasteiger partial charge in [0.25, 0.3) is 11.8 Å². The maximum Gasteiger partial charge on any atom is 0.370 e. The number of hydrogen-bond acceptors (Lipinski definition) is 6. The molecule has 1 heterocycles. The first-order chi connectivity index (χ1) is 13.0. The molecule has 2 aromatic rings. The Bertz CT molecular complexity index is 875. The van der Waals surface area contributed by atoms with Crippen LogP contribution in [0.15, 0.2) is 48.5 Å². The summed E-state index contributed by atoms with van der Waals surface area (Å²) in [5.41, 5.74) is 1.77. The van der Waals surface area contributed by atoms with Gasteiger partial charge in [-0.05, 0) is 23.3 Å². The molecule has 7 heteroatoms. The van der Waals surface area contributed by atoms with Gasteiger partial charge in [0.15, 0.2) is 18.1 Å². The van der Waals surface area contributed by atoms with Crippen molar-refractivity contribution in [2.24, 2.45) is 0 Å². The van der Waals surface area contributed by atoms with Gasteiger partial charge in [-0.3, -0.25) is 9.59 Å². The van der Waals surface area contributed by atoms with Crippen molar-refractivity contribution >= 4 is 29.9 Å². The second kappa shape index (κ2) is 8.18. The van der Waals surface area contributed by atoms with E-state index in [4.69, 9.17) is 9.57 Å². The second-order valence-electron chi connectivity index (χ2n) is 5.81. The molecule has 1 N–H and O–H groups in total. The number of phenols is 1. The molecule has 0 radical (unpaired) electrons. The van der Waals surface area contributed by atoms with E-state index in [9.17, 15) is 19.5 Å². The Hall–Kier alpha value is -3.61. The lowest BCUT2D eigenvalue weighted by molar-refractivity contribution is -0.198. The van der Waals surface area contributed by atoms with Crippen LogP contribution in [0.1, 0.15) is 24.0 Å². The molecular weight excluding hydrogens is 350 g/mol. The highest BCUT2D eigenvalue weighted by Crippen LogP contribution is 2.27. The van der Waals surface area contributed by atoms with Crippen LogP contribution in [-0.2, 0) is 19.2 Å². The van der Waals surface area contributed by atoms with E-state index in [0.717, 1.165) is 11.1 Å². The van der Waals surface area contributed by atoms with Crippen molar-refractivity contribution in [3.05, 3.63) is 59.7 Å². The fraction of sp³-hybridized carbons (Fsp3) is 0.150. The van der Waals surface area contributed by atoms with Crippen LogP contribution in [0.4, 0.5) is 0 Å². The minimum atomic E-state index is -0.914. The number of carbonyl (C=O) groups is 3. The number of nitrogens with zero attached hydrogens (tertiary/aromatic N) is 1. The Labute approximate surface area is 155 Å². The number of benzene rings is 2. The highest BCUT2D eigenvalue weighted by Gasteiger charge is 2.32. The minimum absolute atomic E-state index is 0.0174. The zero-order valence-corrected chi connectivity index (χ0v) is 14.3. The van der Waals surface area contributed by atoms with Crippen molar-refractivity contribution in [1.82, 2.24) is 5.06 Å². The smallest absolute Gasteiger partial charge is 0.370 e. The summed E-state index contributed by atoms with van der Waals surface area (Å²) in [4.78, 5) is 39.3. The van der Waals surface area contributed by atoms with Gasteiger partial charge in [-0.2, -0.15) is 0 Å². The zero-order chi connectivity index (χ0) is 19.2. The van der Waals surface area contributed by atoms with Gasteiger partial charge in [0.1, 0.15) is 0 Å². The standard InChI is InChI=1S/C20H17NO6/c22-16-9-8-15(7-6-14-4-2-1-3-5-14)12-17(16)26-13-20(25)27-21-18(23)10-11-19(21)24/h1-9,12,22H,10-11,13H2/b7-6+. The van der Waals surface area contributed by atoms with Crippen LogP contribution >= 0.6 is 0 Å². The third kappa shape index (κ3) is 4.72. The number of amides is 2. The molecule has 1 aliphatic heterocycles. The second-order valence-corrected chi connectivity index (χ2v) is 5.81. The summed E-state index contributed by atoms with van der Waals surface area (Å²) in [5.74, 6) is -2.11. The summed E-state index contributed by atoms with van der Waals surface area (Å²) in [7, 11) is 0. The molecule has 0 spiro atoms. The third-order valence-electron chi connectivity index (χ3n) is 3.80. The van der Waals surface area contributed by atoms with Crippen molar-refractivity contribution in [2.45, 2.75) is 12.8 Å². The average molecular weight is 367 g/mol. The average Bonchev–Trinajstić information content (AvgIpc) is 2.99. The third-order valence-corrected chi connectivity index (χ3v) is 3.80. The van der Waals surface area contributed by atoms with Crippen molar-refractivity contribution in [3.63, 3.8) is 0 Å². The van der Waals surface area contributed by atoms with Gasteiger partial charge in [-0.15, -0.1) is 5.06 Å². The first kappa shape index (κ1) is 18.2.